The predicted octanol–water partition coefficient (Wildman–Crippen LogP) is 1.64. The summed E-state index contributed by atoms with van der Waals surface area (Å²) >= 11 is 0. The van der Waals surface area contributed by atoms with Crippen molar-refractivity contribution >= 4 is 23.9 Å². The van der Waals surface area contributed by atoms with E-state index < -0.39 is 29.6 Å². The van der Waals surface area contributed by atoms with Crippen LogP contribution >= 0.6 is 0 Å². The quantitative estimate of drug-likeness (QED) is 0.316. The van der Waals surface area contributed by atoms with Gasteiger partial charge in [-0.2, -0.15) is 0 Å². The minimum Gasteiger partial charge on any atom is -0.465 e. The van der Waals surface area contributed by atoms with Gasteiger partial charge in [0.25, 0.3) is 0 Å². The fraction of sp³-hybridized carbons (Fsp3) is 0.294. The van der Waals surface area contributed by atoms with E-state index in [-0.39, 0.29) is 24.3 Å². The molecule has 0 saturated heterocycles. The van der Waals surface area contributed by atoms with Crippen LogP contribution in [0.2, 0.25) is 0 Å². The van der Waals surface area contributed by atoms with Crippen LogP contribution in [-0.2, 0) is 28.5 Å². The van der Waals surface area contributed by atoms with E-state index in [1.807, 2.05) is 0 Å². The number of carbonyl (C=O) groups is 4. The van der Waals surface area contributed by atoms with Gasteiger partial charge in [-0.15, -0.1) is 0 Å². The zero-order valence-corrected chi connectivity index (χ0v) is 14.1. The number of methoxy groups -OCH3 is 1. The molecule has 0 aliphatic carbocycles. The van der Waals surface area contributed by atoms with Gasteiger partial charge >= 0.3 is 23.9 Å². The van der Waals surface area contributed by atoms with E-state index in [1.165, 1.54) is 31.4 Å². The van der Waals surface area contributed by atoms with Gasteiger partial charge in [-0.25, -0.2) is 19.2 Å². The third-order valence-corrected chi connectivity index (χ3v) is 2.76. The van der Waals surface area contributed by atoms with E-state index in [4.69, 9.17) is 9.47 Å². The highest BCUT2D eigenvalue weighted by Gasteiger charge is 2.20. The van der Waals surface area contributed by atoms with Crippen molar-refractivity contribution in [3.8, 4) is 0 Å². The first-order chi connectivity index (χ1) is 11.9. The van der Waals surface area contributed by atoms with Crippen LogP contribution < -0.4 is 0 Å². The summed E-state index contributed by atoms with van der Waals surface area (Å²) in [6.45, 7) is 3.27. The molecule has 0 radical (unpaired) electrons. The Hall–Kier alpha value is -3.16. The summed E-state index contributed by atoms with van der Waals surface area (Å²) in [5.41, 5.74) is 0.304. The van der Waals surface area contributed by atoms with E-state index >= 15 is 0 Å². The first-order valence-electron chi connectivity index (χ1n) is 7.39. The van der Waals surface area contributed by atoms with Crippen molar-refractivity contribution in [1.82, 2.24) is 0 Å². The molecule has 0 saturated carbocycles. The van der Waals surface area contributed by atoms with Crippen molar-refractivity contribution in [2.75, 3.05) is 20.3 Å². The van der Waals surface area contributed by atoms with Gasteiger partial charge in [0, 0.05) is 0 Å². The van der Waals surface area contributed by atoms with Crippen LogP contribution in [0.25, 0.3) is 0 Å². The van der Waals surface area contributed by atoms with Gasteiger partial charge in [0.15, 0.2) is 0 Å². The van der Waals surface area contributed by atoms with Crippen LogP contribution in [0.15, 0.2) is 36.1 Å². The van der Waals surface area contributed by atoms with Crippen LogP contribution in [0.4, 0.5) is 0 Å². The molecule has 0 N–H and O–H groups in total. The molecule has 0 atom stereocenters. The lowest BCUT2D eigenvalue weighted by Gasteiger charge is -2.08. The molecule has 0 aliphatic rings. The lowest BCUT2D eigenvalue weighted by atomic mass is 10.1. The van der Waals surface area contributed by atoms with E-state index in [1.54, 1.807) is 13.8 Å². The normalized spacial score (nSPS) is 10.6. The monoisotopic (exact) mass is 350 g/mol. The first kappa shape index (κ1) is 19.9. The number of benzene rings is 1. The average Bonchev–Trinajstić information content (AvgIpc) is 2.61. The largest absolute Gasteiger partial charge is 0.465 e. The molecular weight excluding hydrogens is 332 g/mol. The van der Waals surface area contributed by atoms with Crippen molar-refractivity contribution in [3.05, 3.63) is 47.2 Å². The Morgan fingerprint density at radius 3 is 1.88 bits per heavy atom. The topological polar surface area (TPSA) is 105 Å². The molecule has 0 bridgehead atoms. The van der Waals surface area contributed by atoms with Crippen molar-refractivity contribution in [2.45, 2.75) is 13.8 Å². The summed E-state index contributed by atoms with van der Waals surface area (Å²) in [4.78, 5) is 46.8. The Morgan fingerprint density at radius 1 is 0.880 bits per heavy atom. The second kappa shape index (κ2) is 9.86. The van der Waals surface area contributed by atoms with Gasteiger partial charge in [0.05, 0.1) is 37.5 Å². The summed E-state index contributed by atoms with van der Waals surface area (Å²) in [6.07, 6.45) is 0.738. The Bertz CT molecular complexity index is 672. The highest BCUT2D eigenvalue weighted by molar-refractivity contribution is 5.99. The fourth-order valence-electron chi connectivity index (χ4n) is 1.64. The molecule has 1 rings (SSSR count). The number of carbonyl (C=O) groups excluding carboxylic acids is 4. The highest BCUT2D eigenvalue weighted by atomic mass is 16.6. The van der Waals surface area contributed by atoms with Gasteiger partial charge < -0.3 is 18.9 Å². The molecule has 134 valence electrons. The van der Waals surface area contributed by atoms with Gasteiger partial charge in [-0.1, -0.05) is 0 Å². The maximum atomic E-state index is 12.1. The molecule has 1 aromatic carbocycles. The minimum atomic E-state index is -0.977. The summed E-state index contributed by atoms with van der Waals surface area (Å²) < 4.78 is 18.9. The molecule has 8 nitrogen and oxygen atoms in total. The van der Waals surface area contributed by atoms with Crippen molar-refractivity contribution in [1.29, 1.82) is 0 Å². The van der Waals surface area contributed by atoms with Crippen LogP contribution in [0, 0.1) is 0 Å². The maximum absolute atomic E-state index is 12.1. The van der Waals surface area contributed by atoms with Gasteiger partial charge in [0.1, 0.15) is 0 Å². The number of hydrogen-bond donors (Lipinski definition) is 0. The van der Waals surface area contributed by atoms with E-state index in [2.05, 4.69) is 9.47 Å². The second-order valence-corrected chi connectivity index (χ2v) is 4.44. The maximum Gasteiger partial charge on any atom is 0.374 e. The van der Waals surface area contributed by atoms with Crippen LogP contribution in [-0.4, -0.2) is 44.2 Å². The molecule has 0 spiro atoms. The molecule has 0 aliphatic heterocycles. The van der Waals surface area contributed by atoms with Crippen LogP contribution in [0.5, 0.6) is 0 Å². The fourth-order valence-corrected chi connectivity index (χ4v) is 1.64. The summed E-state index contributed by atoms with van der Waals surface area (Å²) in [6, 6.07) is 5.37. The zero-order chi connectivity index (χ0) is 18.8. The molecule has 0 aromatic heterocycles. The SMILES string of the molecule is CCOC(=O)/C=C(/OC(=O)c1ccc(C(=O)OC)cc1)C(=O)OCC. The molecule has 0 heterocycles. The standard InChI is InChI=1S/C17H18O8/c1-4-23-14(18)10-13(17(21)24-5-2)25-16(20)12-8-6-11(7-9-12)15(19)22-3/h6-10H,4-5H2,1-3H3/b13-10+. The number of esters is 4. The van der Waals surface area contributed by atoms with Crippen molar-refractivity contribution in [2.24, 2.45) is 0 Å². The summed E-state index contributed by atoms with van der Waals surface area (Å²) in [5.74, 6) is -3.88. The zero-order valence-electron chi connectivity index (χ0n) is 14.1. The number of ether oxygens (including phenoxy) is 4. The Labute approximate surface area is 144 Å². The van der Waals surface area contributed by atoms with Crippen molar-refractivity contribution in [3.63, 3.8) is 0 Å². The van der Waals surface area contributed by atoms with Gasteiger partial charge in [0.2, 0.25) is 5.76 Å². The van der Waals surface area contributed by atoms with E-state index in [0.717, 1.165) is 6.08 Å². The average molecular weight is 350 g/mol. The Balaban J connectivity index is 2.95. The van der Waals surface area contributed by atoms with Crippen molar-refractivity contribution < 1.29 is 38.1 Å². The highest BCUT2D eigenvalue weighted by Crippen LogP contribution is 2.11. The molecular formula is C17H18O8. The molecule has 0 amide bonds. The van der Waals surface area contributed by atoms with E-state index in [0.29, 0.717) is 0 Å². The minimum absolute atomic E-state index is 0.0321. The lowest BCUT2D eigenvalue weighted by Crippen LogP contribution is -2.17. The van der Waals surface area contributed by atoms with Crippen LogP contribution in [0.3, 0.4) is 0 Å². The van der Waals surface area contributed by atoms with Gasteiger partial charge in [-0.05, 0) is 38.1 Å². The predicted molar refractivity (Wildman–Crippen MR) is 84.5 cm³/mol. The van der Waals surface area contributed by atoms with Crippen LogP contribution in [0.1, 0.15) is 34.6 Å². The second-order valence-electron chi connectivity index (χ2n) is 4.44. The third kappa shape index (κ3) is 6.09. The van der Waals surface area contributed by atoms with Gasteiger partial charge in [-0.3, -0.25) is 0 Å². The molecule has 1 aromatic rings. The Morgan fingerprint density at radius 2 is 1.40 bits per heavy atom. The molecule has 0 unspecified atom stereocenters. The molecule has 25 heavy (non-hydrogen) atoms. The summed E-state index contributed by atoms with van der Waals surface area (Å²) in [7, 11) is 1.23. The number of hydrogen-bond acceptors (Lipinski definition) is 8. The third-order valence-electron chi connectivity index (χ3n) is 2.76. The lowest BCUT2D eigenvalue weighted by molar-refractivity contribution is -0.143. The number of rotatable bonds is 7. The smallest absolute Gasteiger partial charge is 0.374 e. The first-order valence-corrected chi connectivity index (χ1v) is 7.39. The van der Waals surface area contributed by atoms with E-state index in [9.17, 15) is 19.2 Å². The molecule has 0 fully saturated rings. The molecule has 8 heteroatoms. The Kier molecular flexibility index (Phi) is 7.85. The summed E-state index contributed by atoms with van der Waals surface area (Å²) in [5, 5.41) is 0.